The minimum absolute atomic E-state index is 0.106. The average Bonchev–Trinajstić information content (AvgIpc) is 2.72. The summed E-state index contributed by atoms with van der Waals surface area (Å²) < 4.78 is 10.7. The van der Waals surface area contributed by atoms with Crippen molar-refractivity contribution in [2.75, 3.05) is 47.1 Å². The number of aromatic nitrogens is 1. The number of rotatable bonds is 10. The molecule has 32 heavy (non-hydrogen) atoms. The number of methoxy groups -OCH3 is 2. The minimum Gasteiger partial charge on any atom is -0.493 e. The van der Waals surface area contributed by atoms with Gasteiger partial charge >= 0.3 is 0 Å². The van der Waals surface area contributed by atoms with E-state index in [1.54, 1.807) is 14.2 Å². The predicted molar refractivity (Wildman–Crippen MR) is 111 cm³/mol. The van der Waals surface area contributed by atoms with Crippen molar-refractivity contribution >= 4 is 10.9 Å². The molecule has 0 aliphatic heterocycles. The van der Waals surface area contributed by atoms with Gasteiger partial charge < -0.3 is 30.1 Å². The summed E-state index contributed by atoms with van der Waals surface area (Å²) in [5, 5.41) is 46.5. The van der Waals surface area contributed by atoms with Gasteiger partial charge in [0.2, 0.25) is 0 Å². The monoisotopic (exact) mass is 460 g/mol. The summed E-state index contributed by atoms with van der Waals surface area (Å²) in [4.78, 5) is 23.2. The molecule has 1 aromatic carbocycles. The largest absolute Gasteiger partial charge is 0.493 e. The van der Waals surface area contributed by atoms with Gasteiger partial charge in [-0.15, -0.1) is 20.2 Å². The first-order valence-corrected chi connectivity index (χ1v) is 9.30. The third-order valence-corrected chi connectivity index (χ3v) is 4.09. The van der Waals surface area contributed by atoms with Gasteiger partial charge in [-0.05, 0) is 37.1 Å². The summed E-state index contributed by atoms with van der Waals surface area (Å²) in [7, 11) is 3.24. The van der Waals surface area contributed by atoms with Crippen molar-refractivity contribution in [1.29, 1.82) is 0 Å². The molecule has 0 atom stereocenters. The number of fused-ring (bicyclic) bond motifs is 1. The molecular formula is C18H28N4O10. The van der Waals surface area contributed by atoms with Crippen LogP contribution in [0.15, 0.2) is 24.4 Å². The molecule has 14 heteroatoms. The van der Waals surface area contributed by atoms with Gasteiger partial charge in [0.05, 0.1) is 33.0 Å². The third kappa shape index (κ3) is 11.6. The molecule has 0 bridgehead atoms. The fourth-order valence-electron chi connectivity index (χ4n) is 2.86. The summed E-state index contributed by atoms with van der Waals surface area (Å²) >= 11 is 0. The number of aryl methyl sites for hydroxylation is 1. The Balaban J connectivity index is 0.00000104. The number of aliphatic hydroxyl groups excluding tert-OH is 2. The van der Waals surface area contributed by atoms with Crippen molar-refractivity contribution in [2.45, 2.75) is 12.8 Å². The second-order valence-electron chi connectivity index (χ2n) is 6.06. The highest BCUT2D eigenvalue weighted by atomic mass is 16.9. The predicted octanol–water partition coefficient (Wildman–Crippen LogP) is 0.776. The van der Waals surface area contributed by atoms with Crippen LogP contribution in [0.25, 0.3) is 10.9 Å². The van der Waals surface area contributed by atoms with E-state index in [9.17, 15) is 0 Å². The maximum absolute atomic E-state index is 9.07. The van der Waals surface area contributed by atoms with E-state index < -0.39 is 10.2 Å². The Kier molecular flexibility index (Phi) is 14.5. The molecule has 0 amide bonds. The van der Waals surface area contributed by atoms with Crippen molar-refractivity contribution < 1.29 is 40.3 Å². The van der Waals surface area contributed by atoms with Gasteiger partial charge in [0, 0.05) is 30.7 Å². The molecular weight excluding hydrogens is 432 g/mol. The lowest BCUT2D eigenvalue weighted by Crippen LogP contribution is -2.31. The number of benzene rings is 1. The Bertz CT molecular complexity index is 811. The lowest BCUT2D eigenvalue weighted by Gasteiger charge is -2.20. The van der Waals surface area contributed by atoms with Gasteiger partial charge in [-0.2, -0.15) is 0 Å². The van der Waals surface area contributed by atoms with Crippen LogP contribution in [-0.2, 0) is 6.42 Å². The Morgan fingerprint density at radius 3 is 1.94 bits per heavy atom. The molecule has 0 radical (unpaired) electrons. The average molecular weight is 460 g/mol. The number of aliphatic hydroxyl groups is 2. The topological polar surface area (TPSA) is 202 Å². The van der Waals surface area contributed by atoms with Crippen molar-refractivity contribution in [3.63, 3.8) is 0 Å². The summed E-state index contributed by atoms with van der Waals surface area (Å²) in [5.41, 5.74) is 2.08. The fraction of sp³-hybridized carbons (Fsp3) is 0.500. The first-order chi connectivity index (χ1) is 15.2. The number of hydrogen-bond acceptors (Lipinski definition) is 10. The van der Waals surface area contributed by atoms with E-state index in [0.717, 1.165) is 30.3 Å². The molecule has 4 N–H and O–H groups in total. The molecule has 2 rings (SSSR count). The molecule has 2 aromatic rings. The molecule has 1 aromatic heterocycles. The van der Waals surface area contributed by atoms with Gasteiger partial charge in [0.15, 0.2) is 11.5 Å². The number of hydrogen-bond donors (Lipinski definition) is 4. The summed E-state index contributed by atoms with van der Waals surface area (Å²) in [6, 6.07) is 5.88. The SMILES string of the molecule is COc1cc2nccc(CCCN(CCO)CCO)c2cc1OC.O=[N+]([O-])O.O=[N+]([O-])O. The molecule has 0 aliphatic carbocycles. The highest BCUT2D eigenvalue weighted by Gasteiger charge is 2.10. The lowest BCUT2D eigenvalue weighted by atomic mass is 10.0. The van der Waals surface area contributed by atoms with Gasteiger partial charge in [-0.25, -0.2) is 0 Å². The fourth-order valence-corrected chi connectivity index (χ4v) is 2.86. The van der Waals surface area contributed by atoms with E-state index in [2.05, 4.69) is 9.88 Å². The van der Waals surface area contributed by atoms with Crippen LogP contribution in [0.4, 0.5) is 0 Å². The molecule has 0 fully saturated rings. The molecule has 14 nitrogen and oxygen atoms in total. The second-order valence-corrected chi connectivity index (χ2v) is 6.06. The first kappa shape index (κ1) is 28.5. The van der Waals surface area contributed by atoms with Gasteiger partial charge in [0.1, 0.15) is 0 Å². The number of nitrogens with zero attached hydrogens (tertiary/aromatic N) is 4. The molecule has 0 unspecified atom stereocenters. The van der Waals surface area contributed by atoms with E-state index in [-0.39, 0.29) is 13.2 Å². The van der Waals surface area contributed by atoms with E-state index in [0.29, 0.717) is 24.6 Å². The molecule has 0 aliphatic rings. The van der Waals surface area contributed by atoms with Crippen LogP contribution in [0.2, 0.25) is 0 Å². The number of ether oxygens (including phenoxy) is 2. The normalized spacial score (nSPS) is 9.91. The molecule has 1 heterocycles. The summed E-state index contributed by atoms with van der Waals surface area (Å²) in [6.45, 7) is 2.22. The zero-order valence-electron chi connectivity index (χ0n) is 17.8. The van der Waals surface area contributed by atoms with Crippen molar-refractivity contribution in [3.05, 3.63) is 50.2 Å². The van der Waals surface area contributed by atoms with Gasteiger partial charge in [-0.1, -0.05) is 0 Å². The molecule has 0 spiro atoms. The zero-order chi connectivity index (χ0) is 24.5. The van der Waals surface area contributed by atoms with Crippen LogP contribution in [0.3, 0.4) is 0 Å². The van der Waals surface area contributed by atoms with Crippen LogP contribution >= 0.6 is 0 Å². The van der Waals surface area contributed by atoms with Crippen LogP contribution in [0, 0.1) is 20.2 Å². The molecule has 0 saturated carbocycles. The Morgan fingerprint density at radius 2 is 1.47 bits per heavy atom. The third-order valence-electron chi connectivity index (χ3n) is 4.09. The second kappa shape index (κ2) is 16.2. The zero-order valence-corrected chi connectivity index (χ0v) is 17.8. The van der Waals surface area contributed by atoms with Gasteiger partial charge in [-0.3, -0.25) is 9.88 Å². The molecule has 180 valence electrons. The lowest BCUT2D eigenvalue weighted by molar-refractivity contribution is -0.742. The van der Waals surface area contributed by atoms with Crippen molar-refractivity contribution in [3.8, 4) is 11.5 Å². The van der Waals surface area contributed by atoms with E-state index in [4.69, 9.17) is 50.3 Å². The van der Waals surface area contributed by atoms with E-state index in [1.165, 1.54) is 5.56 Å². The highest BCUT2D eigenvalue weighted by Crippen LogP contribution is 2.32. The van der Waals surface area contributed by atoms with Crippen molar-refractivity contribution in [2.24, 2.45) is 0 Å². The Morgan fingerprint density at radius 1 is 0.969 bits per heavy atom. The quantitative estimate of drug-likeness (QED) is 0.287. The standard InChI is InChI=1S/C18H26N2O4.2HNO3/c1-23-17-12-15-14(4-3-7-20(8-10-21)9-11-22)5-6-19-16(15)13-18(17)24-2;2*2-1(3)4/h5-6,12-13,21-22H,3-4,7-11H2,1-2H3;2*(H,2,3,4). The molecule has 0 saturated heterocycles. The van der Waals surface area contributed by atoms with Crippen molar-refractivity contribution in [1.82, 2.24) is 9.88 Å². The summed E-state index contributed by atoms with van der Waals surface area (Å²) in [5.74, 6) is 1.37. The summed E-state index contributed by atoms with van der Waals surface area (Å²) in [6.07, 6.45) is 3.64. The van der Waals surface area contributed by atoms with Crippen LogP contribution in [0.1, 0.15) is 12.0 Å². The van der Waals surface area contributed by atoms with E-state index in [1.807, 2.05) is 24.4 Å². The van der Waals surface area contributed by atoms with E-state index >= 15 is 0 Å². The minimum atomic E-state index is -1.50. The Labute approximate surface area is 183 Å². The Hall–Kier alpha value is -3.49. The van der Waals surface area contributed by atoms with Gasteiger partial charge in [0.25, 0.3) is 10.2 Å². The van der Waals surface area contributed by atoms with Crippen LogP contribution in [-0.4, -0.2) is 87.8 Å². The first-order valence-electron chi connectivity index (χ1n) is 9.30. The maximum Gasteiger partial charge on any atom is 0.291 e. The smallest absolute Gasteiger partial charge is 0.291 e. The number of pyridine rings is 1. The van der Waals surface area contributed by atoms with Crippen LogP contribution in [0.5, 0.6) is 11.5 Å². The highest BCUT2D eigenvalue weighted by molar-refractivity contribution is 5.85. The maximum atomic E-state index is 9.07. The van der Waals surface area contributed by atoms with Crippen LogP contribution < -0.4 is 9.47 Å².